The van der Waals surface area contributed by atoms with Crippen molar-refractivity contribution in [3.8, 4) is 0 Å². The Morgan fingerprint density at radius 3 is 2.64 bits per heavy atom. The lowest BCUT2D eigenvalue weighted by atomic mass is 10.1. The van der Waals surface area contributed by atoms with E-state index in [1.807, 2.05) is 30.3 Å². The Kier molecular flexibility index (Phi) is 6.38. The van der Waals surface area contributed by atoms with Crippen LogP contribution in [-0.4, -0.2) is 41.5 Å². The van der Waals surface area contributed by atoms with Gasteiger partial charge in [-0.3, -0.25) is 0 Å². The summed E-state index contributed by atoms with van der Waals surface area (Å²) in [7, 11) is 0. The van der Waals surface area contributed by atoms with E-state index in [0.717, 1.165) is 18.4 Å². The summed E-state index contributed by atoms with van der Waals surface area (Å²) in [6.45, 7) is 6.53. The topological polar surface area (TPSA) is 80.2 Å². The van der Waals surface area contributed by atoms with Crippen molar-refractivity contribution in [1.82, 2.24) is 10.3 Å². The molecule has 1 aromatic carbocycles. The number of amides is 2. The third-order valence-corrected chi connectivity index (χ3v) is 3.43. The molecule has 25 heavy (non-hydrogen) atoms. The maximum Gasteiger partial charge on any atom is 0.428 e. The molecule has 0 bridgehead atoms. The fourth-order valence-corrected chi connectivity index (χ4v) is 2.34. The Balaban J connectivity index is 1.82. The summed E-state index contributed by atoms with van der Waals surface area (Å²) >= 11 is 0. The molecule has 0 aromatic heterocycles. The molecule has 0 aliphatic carbocycles. The Bertz CT molecular complexity index is 623. The van der Waals surface area contributed by atoms with Crippen LogP contribution >= 0.6 is 0 Å². The van der Waals surface area contributed by atoms with Crippen LogP contribution in [0.3, 0.4) is 0 Å². The van der Waals surface area contributed by atoms with Crippen LogP contribution in [0.5, 0.6) is 0 Å². The first-order valence-electron chi connectivity index (χ1n) is 8.33. The second-order valence-electron chi connectivity index (χ2n) is 6.86. The number of benzene rings is 1. The van der Waals surface area contributed by atoms with Gasteiger partial charge in [0.2, 0.25) is 0 Å². The van der Waals surface area contributed by atoms with Crippen LogP contribution in [0, 0.1) is 0 Å². The Hall–Kier alpha value is -2.57. The maximum atomic E-state index is 12.2. The predicted octanol–water partition coefficient (Wildman–Crippen LogP) is 3.30. The highest BCUT2D eigenvalue weighted by Gasteiger charge is 2.22. The molecule has 1 aromatic rings. The number of hydrogen-bond acceptors (Lipinski definition) is 5. The van der Waals surface area contributed by atoms with Gasteiger partial charge in [-0.15, -0.1) is 0 Å². The summed E-state index contributed by atoms with van der Waals surface area (Å²) in [5.41, 5.74) is 3.45. The Morgan fingerprint density at radius 1 is 1.24 bits per heavy atom. The summed E-state index contributed by atoms with van der Waals surface area (Å²) in [6.07, 6.45) is 0.505. The van der Waals surface area contributed by atoms with Gasteiger partial charge in [-0.2, -0.15) is 5.10 Å². The van der Waals surface area contributed by atoms with Crippen molar-refractivity contribution in [3.63, 3.8) is 0 Å². The molecule has 0 radical (unpaired) electrons. The molecular weight excluding hydrogens is 322 g/mol. The molecule has 2 rings (SSSR count). The van der Waals surface area contributed by atoms with E-state index in [1.165, 1.54) is 0 Å². The highest BCUT2D eigenvalue weighted by Crippen LogP contribution is 2.11. The molecule has 136 valence electrons. The van der Waals surface area contributed by atoms with Crippen molar-refractivity contribution in [2.24, 2.45) is 5.10 Å². The molecule has 0 saturated carbocycles. The smallest absolute Gasteiger partial charge is 0.428 e. The van der Waals surface area contributed by atoms with Gasteiger partial charge in [-0.05, 0) is 39.2 Å². The molecule has 1 aliphatic heterocycles. The lowest BCUT2D eigenvalue weighted by Gasteiger charge is -2.27. The molecule has 7 nitrogen and oxygen atoms in total. The second kappa shape index (κ2) is 8.50. The number of piperidine rings is 1. The van der Waals surface area contributed by atoms with Gasteiger partial charge in [0.05, 0.1) is 12.3 Å². The minimum Gasteiger partial charge on any atom is -0.445 e. The average molecular weight is 347 g/mol. The fourth-order valence-electron chi connectivity index (χ4n) is 2.34. The van der Waals surface area contributed by atoms with Crippen LogP contribution in [-0.2, 0) is 16.1 Å². The van der Waals surface area contributed by atoms with E-state index in [9.17, 15) is 9.59 Å². The van der Waals surface area contributed by atoms with Crippen molar-refractivity contribution in [1.29, 1.82) is 0 Å². The molecule has 1 heterocycles. The molecule has 1 saturated heterocycles. The standard InChI is InChI=1S/C18H25N3O4/c1-18(2,3)25-16(22)20-19-15-10-7-11-21(12-15)17(23)24-13-14-8-5-4-6-9-14/h4-6,8-9H,7,10-13H2,1-3H3,(H,20,22)/b19-15+. The number of likely N-dealkylation sites (tertiary alicyclic amines) is 1. The van der Waals surface area contributed by atoms with Gasteiger partial charge >= 0.3 is 12.2 Å². The van der Waals surface area contributed by atoms with Gasteiger partial charge < -0.3 is 14.4 Å². The summed E-state index contributed by atoms with van der Waals surface area (Å²) in [5, 5.41) is 4.06. The minimum atomic E-state index is -0.608. The monoisotopic (exact) mass is 347 g/mol. The van der Waals surface area contributed by atoms with Crippen molar-refractivity contribution in [3.05, 3.63) is 35.9 Å². The van der Waals surface area contributed by atoms with Crippen LogP contribution in [0.25, 0.3) is 0 Å². The quantitative estimate of drug-likeness (QED) is 0.851. The summed E-state index contributed by atoms with van der Waals surface area (Å²) < 4.78 is 10.5. The average Bonchev–Trinajstić information content (AvgIpc) is 2.57. The zero-order valence-electron chi connectivity index (χ0n) is 14.9. The number of hydrogen-bond donors (Lipinski definition) is 1. The van der Waals surface area contributed by atoms with Gasteiger partial charge in [0.15, 0.2) is 0 Å². The predicted molar refractivity (Wildman–Crippen MR) is 94.2 cm³/mol. The number of nitrogens with one attached hydrogen (secondary N) is 1. The minimum absolute atomic E-state index is 0.235. The molecule has 0 unspecified atom stereocenters. The van der Waals surface area contributed by atoms with Crippen molar-refractivity contribution >= 4 is 17.9 Å². The van der Waals surface area contributed by atoms with E-state index in [4.69, 9.17) is 9.47 Å². The molecule has 0 atom stereocenters. The number of rotatable bonds is 3. The van der Waals surface area contributed by atoms with Crippen molar-refractivity contribution in [2.45, 2.75) is 45.8 Å². The zero-order chi connectivity index (χ0) is 18.3. The molecule has 0 spiro atoms. The van der Waals surface area contributed by atoms with Crippen LogP contribution in [0.1, 0.15) is 39.2 Å². The third kappa shape index (κ3) is 6.82. The van der Waals surface area contributed by atoms with E-state index >= 15 is 0 Å². The van der Waals surface area contributed by atoms with Crippen LogP contribution < -0.4 is 5.43 Å². The summed E-state index contributed by atoms with van der Waals surface area (Å²) in [5.74, 6) is 0. The highest BCUT2D eigenvalue weighted by molar-refractivity contribution is 5.90. The number of hydrazone groups is 1. The van der Waals surface area contributed by atoms with Gasteiger partial charge in [-0.1, -0.05) is 30.3 Å². The van der Waals surface area contributed by atoms with E-state index in [1.54, 1.807) is 25.7 Å². The molecule has 1 aliphatic rings. The highest BCUT2D eigenvalue weighted by atomic mass is 16.6. The number of nitrogens with zero attached hydrogens (tertiary/aromatic N) is 2. The van der Waals surface area contributed by atoms with Gasteiger partial charge in [-0.25, -0.2) is 15.0 Å². The lowest BCUT2D eigenvalue weighted by Crippen LogP contribution is -2.41. The van der Waals surface area contributed by atoms with E-state index < -0.39 is 11.7 Å². The van der Waals surface area contributed by atoms with Gasteiger partial charge in [0, 0.05) is 6.54 Å². The van der Waals surface area contributed by atoms with Crippen molar-refractivity contribution in [2.75, 3.05) is 13.1 Å². The fraction of sp³-hybridized carbons (Fsp3) is 0.500. The first kappa shape index (κ1) is 18.8. The number of ether oxygens (including phenoxy) is 2. The number of carbonyl (C=O) groups is 2. The number of carbonyl (C=O) groups excluding carboxylic acids is 2. The maximum absolute atomic E-state index is 12.2. The zero-order valence-corrected chi connectivity index (χ0v) is 14.9. The lowest BCUT2D eigenvalue weighted by molar-refractivity contribution is 0.0528. The first-order valence-corrected chi connectivity index (χ1v) is 8.33. The van der Waals surface area contributed by atoms with E-state index in [0.29, 0.717) is 18.8 Å². The molecular formula is C18H25N3O4. The third-order valence-electron chi connectivity index (χ3n) is 3.43. The van der Waals surface area contributed by atoms with Gasteiger partial charge in [0.1, 0.15) is 12.2 Å². The van der Waals surface area contributed by atoms with E-state index in [2.05, 4.69) is 10.5 Å². The Morgan fingerprint density at radius 2 is 1.96 bits per heavy atom. The van der Waals surface area contributed by atoms with E-state index in [-0.39, 0.29) is 12.7 Å². The second-order valence-corrected chi connectivity index (χ2v) is 6.86. The van der Waals surface area contributed by atoms with Crippen molar-refractivity contribution < 1.29 is 19.1 Å². The summed E-state index contributed by atoms with van der Waals surface area (Å²) in [4.78, 5) is 25.4. The summed E-state index contributed by atoms with van der Waals surface area (Å²) in [6, 6.07) is 9.52. The van der Waals surface area contributed by atoms with Crippen LogP contribution in [0.4, 0.5) is 9.59 Å². The molecule has 2 amide bonds. The normalized spacial score (nSPS) is 16.4. The van der Waals surface area contributed by atoms with Crippen LogP contribution in [0.2, 0.25) is 0 Å². The van der Waals surface area contributed by atoms with Gasteiger partial charge in [0.25, 0.3) is 0 Å². The molecule has 7 heteroatoms. The SMILES string of the molecule is CC(C)(C)OC(=O)N/N=C1\CCCN(C(=O)OCc2ccccc2)C1. The molecule has 1 fully saturated rings. The largest absolute Gasteiger partial charge is 0.445 e. The first-order chi connectivity index (χ1) is 11.8. The Labute approximate surface area is 148 Å². The molecule has 1 N–H and O–H groups in total. The van der Waals surface area contributed by atoms with Crippen LogP contribution in [0.15, 0.2) is 35.4 Å².